The van der Waals surface area contributed by atoms with Crippen molar-refractivity contribution in [2.24, 2.45) is 0 Å². The molecule has 0 spiro atoms. The van der Waals surface area contributed by atoms with Gasteiger partial charge in [0.2, 0.25) is 5.91 Å². The minimum Gasteiger partial charge on any atom is -0.353 e. The van der Waals surface area contributed by atoms with Crippen molar-refractivity contribution in [1.82, 2.24) is 29.3 Å². The molecule has 174 valence electrons. The quantitative estimate of drug-likeness (QED) is 0.456. The fraction of sp³-hybridized carbons (Fsp3) is 0.320. The summed E-state index contributed by atoms with van der Waals surface area (Å²) < 4.78 is 2.81. The molecule has 1 aliphatic heterocycles. The van der Waals surface area contributed by atoms with Gasteiger partial charge in [0.1, 0.15) is 23.7 Å². The molecule has 5 rings (SSSR count). The van der Waals surface area contributed by atoms with Crippen LogP contribution in [0, 0.1) is 6.92 Å². The number of carbonyl (C=O) groups is 1. The summed E-state index contributed by atoms with van der Waals surface area (Å²) in [5.74, 6) is 1.35. The van der Waals surface area contributed by atoms with E-state index < -0.39 is 0 Å². The highest BCUT2D eigenvalue weighted by atomic mass is 16.2. The lowest BCUT2D eigenvalue weighted by Gasteiger charge is -2.35. The largest absolute Gasteiger partial charge is 0.353 e. The molecule has 9 heteroatoms. The van der Waals surface area contributed by atoms with Crippen LogP contribution in [0.4, 0.5) is 5.82 Å². The van der Waals surface area contributed by atoms with E-state index in [1.54, 1.807) is 28.6 Å². The molecule has 34 heavy (non-hydrogen) atoms. The van der Waals surface area contributed by atoms with Gasteiger partial charge in [-0.1, -0.05) is 37.3 Å². The normalized spacial score (nSPS) is 14.1. The third-order valence-corrected chi connectivity index (χ3v) is 6.28. The zero-order valence-electron chi connectivity index (χ0n) is 19.4. The van der Waals surface area contributed by atoms with Crippen LogP contribution in [0.1, 0.15) is 18.3 Å². The molecule has 4 aromatic rings. The highest BCUT2D eigenvalue weighted by Crippen LogP contribution is 2.20. The first-order valence-electron chi connectivity index (χ1n) is 11.5. The number of hydrogen-bond acceptors (Lipinski definition) is 6. The molecular weight excluding hydrogens is 430 g/mol. The molecule has 1 aromatic carbocycles. The van der Waals surface area contributed by atoms with Gasteiger partial charge in [-0.2, -0.15) is 10.2 Å². The Labute approximate surface area is 197 Å². The molecule has 0 bridgehead atoms. The van der Waals surface area contributed by atoms with Gasteiger partial charge in [-0.25, -0.2) is 14.2 Å². The third kappa shape index (κ3) is 4.16. The maximum atomic E-state index is 13.1. The number of hydrogen-bond donors (Lipinski definition) is 0. The summed E-state index contributed by atoms with van der Waals surface area (Å²) in [5.41, 5.74) is 2.98. The van der Waals surface area contributed by atoms with Crippen molar-refractivity contribution in [3.63, 3.8) is 0 Å². The molecule has 1 amide bonds. The van der Waals surface area contributed by atoms with Gasteiger partial charge in [0.25, 0.3) is 5.56 Å². The van der Waals surface area contributed by atoms with Crippen LogP contribution in [0.3, 0.4) is 0 Å². The van der Waals surface area contributed by atoms with Gasteiger partial charge >= 0.3 is 0 Å². The number of piperazine rings is 1. The average molecular weight is 458 g/mol. The van der Waals surface area contributed by atoms with Gasteiger partial charge in [-0.15, -0.1) is 0 Å². The van der Waals surface area contributed by atoms with E-state index in [1.807, 2.05) is 30.3 Å². The Balaban J connectivity index is 1.33. The molecule has 1 fully saturated rings. The number of nitrogens with zero attached hydrogens (tertiary/aromatic N) is 7. The number of benzene rings is 1. The van der Waals surface area contributed by atoms with Crippen LogP contribution in [-0.2, 0) is 17.8 Å². The summed E-state index contributed by atoms with van der Waals surface area (Å²) in [6, 6.07) is 15.7. The van der Waals surface area contributed by atoms with E-state index in [-0.39, 0.29) is 18.0 Å². The molecule has 1 saturated heterocycles. The lowest BCUT2D eigenvalue weighted by atomic mass is 10.1. The van der Waals surface area contributed by atoms with Gasteiger partial charge in [0.05, 0.1) is 5.69 Å². The molecule has 9 nitrogen and oxygen atoms in total. The summed E-state index contributed by atoms with van der Waals surface area (Å²) in [7, 11) is 0. The lowest BCUT2D eigenvalue weighted by molar-refractivity contribution is -0.132. The second-order valence-electron chi connectivity index (χ2n) is 8.44. The topological polar surface area (TPSA) is 88.6 Å². The molecule has 0 unspecified atom stereocenters. The number of anilines is 1. The Hall–Kier alpha value is -4.01. The number of pyridine rings is 1. The van der Waals surface area contributed by atoms with E-state index in [2.05, 4.69) is 39.1 Å². The first kappa shape index (κ1) is 21.8. The van der Waals surface area contributed by atoms with Gasteiger partial charge in [0.15, 0.2) is 0 Å². The van der Waals surface area contributed by atoms with Gasteiger partial charge < -0.3 is 9.80 Å². The number of amides is 1. The molecule has 0 radical (unpaired) electrons. The van der Waals surface area contributed by atoms with Crippen molar-refractivity contribution in [3.05, 3.63) is 76.5 Å². The number of carbonyl (C=O) groups excluding carboxylic acids is 1. The smallest absolute Gasteiger partial charge is 0.293 e. The summed E-state index contributed by atoms with van der Waals surface area (Å²) in [6.45, 7) is 6.37. The minimum atomic E-state index is -0.324. The Morgan fingerprint density at radius 1 is 1.00 bits per heavy atom. The van der Waals surface area contributed by atoms with Gasteiger partial charge in [0, 0.05) is 37.9 Å². The second kappa shape index (κ2) is 9.09. The molecule has 1 aliphatic rings. The van der Waals surface area contributed by atoms with E-state index in [9.17, 15) is 9.59 Å². The fourth-order valence-electron chi connectivity index (χ4n) is 4.29. The highest BCUT2D eigenvalue weighted by Gasteiger charge is 2.23. The number of aromatic nitrogens is 5. The Kier molecular flexibility index (Phi) is 5.83. The molecule has 0 saturated carbocycles. The predicted octanol–water partition coefficient (Wildman–Crippen LogP) is 2.17. The average Bonchev–Trinajstić information content (AvgIpc) is 3.34. The molecule has 0 atom stereocenters. The van der Waals surface area contributed by atoms with E-state index in [0.717, 1.165) is 17.8 Å². The van der Waals surface area contributed by atoms with Gasteiger partial charge in [-0.05, 0) is 37.1 Å². The van der Waals surface area contributed by atoms with E-state index >= 15 is 0 Å². The second-order valence-corrected chi connectivity index (χ2v) is 8.44. The zero-order valence-corrected chi connectivity index (χ0v) is 19.4. The van der Waals surface area contributed by atoms with Crippen LogP contribution in [0.2, 0.25) is 0 Å². The standard InChI is InChI=1S/C25H27N7O2/c1-3-19-7-9-20(10-8-19)21-16-22-25(34)31(27-18(2)32(22)28-21)17-24(33)30-14-12-29(13-15-30)23-6-4-5-11-26-23/h4-11,16H,3,12-15,17H2,1-2H3. The molecule has 4 heterocycles. The van der Waals surface area contributed by atoms with Crippen molar-refractivity contribution >= 4 is 17.2 Å². The maximum Gasteiger partial charge on any atom is 0.293 e. The van der Waals surface area contributed by atoms with Crippen LogP contribution in [0.5, 0.6) is 0 Å². The van der Waals surface area contributed by atoms with E-state index in [4.69, 9.17) is 0 Å². The third-order valence-electron chi connectivity index (χ3n) is 6.28. The number of fused-ring (bicyclic) bond motifs is 1. The Morgan fingerprint density at radius 3 is 2.44 bits per heavy atom. The van der Waals surface area contributed by atoms with Crippen LogP contribution < -0.4 is 10.5 Å². The van der Waals surface area contributed by atoms with Gasteiger partial charge in [-0.3, -0.25) is 9.59 Å². The fourth-order valence-corrected chi connectivity index (χ4v) is 4.29. The summed E-state index contributed by atoms with van der Waals surface area (Å²) in [6.07, 6.45) is 2.73. The minimum absolute atomic E-state index is 0.0918. The van der Waals surface area contributed by atoms with Crippen LogP contribution in [-0.4, -0.2) is 61.4 Å². The molecular formula is C25H27N7O2. The number of rotatable bonds is 5. The van der Waals surface area contributed by atoms with Crippen molar-refractivity contribution in [2.75, 3.05) is 31.1 Å². The van der Waals surface area contributed by atoms with Crippen LogP contribution in [0.15, 0.2) is 59.5 Å². The Bertz CT molecular complexity index is 1370. The monoisotopic (exact) mass is 457 g/mol. The number of aryl methyl sites for hydroxylation is 2. The first-order valence-corrected chi connectivity index (χ1v) is 11.5. The summed E-state index contributed by atoms with van der Waals surface area (Å²) in [5, 5.41) is 8.95. The maximum absolute atomic E-state index is 13.1. The highest BCUT2D eigenvalue weighted by molar-refractivity contribution is 5.76. The SMILES string of the molecule is CCc1ccc(-c2cc3c(=O)n(CC(=O)N4CCN(c5ccccn5)CC4)nc(C)n3n2)cc1. The lowest BCUT2D eigenvalue weighted by Crippen LogP contribution is -2.50. The van der Waals surface area contributed by atoms with Crippen LogP contribution >= 0.6 is 0 Å². The first-order chi connectivity index (χ1) is 16.5. The van der Waals surface area contributed by atoms with E-state index in [0.29, 0.717) is 43.2 Å². The Morgan fingerprint density at radius 2 is 1.76 bits per heavy atom. The van der Waals surface area contributed by atoms with Crippen molar-refractivity contribution in [2.45, 2.75) is 26.8 Å². The molecule has 0 N–H and O–H groups in total. The molecule has 0 aliphatic carbocycles. The van der Waals surface area contributed by atoms with Crippen molar-refractivity contribution < 1.29 is 4.79 Å². The summed E-state index contributed by atoms with van der Waals surface area (Å²) in [4.78, 5) is 34.4. The van der Waals surface area contributed by atoms with Crippen molar-refractivity contribution in [3.8, 4) is 11.3 Å². The summed E-state index contributed by atoms with van der Waals surface area (Å²) >= 11 is 0. The van der Waals surface area contributed by atoms with Crippen LogP contribution in [0.25, 0.3) is 16.8 Å². The van der Waals surface area contributed by atoms with E-state index in [1.165, 1.54) is 10.2 Å². The van der Waals surface area contributed by atoms with Crippen molar-refractivity contribution in [1.29, 1.82) is 0 Å². The molecule has 3 aromatic heterocycles. The zero-order chi connectivity index (χ0) is 23.7. The predicted molar refractivity (Wildman–Crippen MR) is 130 cm³/mol.